The van der Waals surface area contributed by atoms with E-state index in [1.165, 1.54) is 28.7 Å². The first-order valence-corrected chi connectivity index (χ1v) is 9.39. The molecule has 1 unspecified atom stereocenters. The highest BCUT2D eigenvalue weighted by Gasteiger charge is 2.42. The second-order valence-corrected chi connectivity index (χ2v) is 7.71. The molecule has 2 aromatic carbocycles. The number of hydrogen-bond donors (Lipinski definition) is 2. The summed E-state index contributed by atoms with van der Waals surface area (Å²) in [5, 5.41) is 7.39. The van der Waals surface area contributed by atoms with Gasteiger partial charge in [-0.15, -0.1) is 0 Å². The fourth-order valence-corrected chi connectivity index (χ4v) is 4.63. The lowest BCUT2D eigenvalue weighted by atomic mass is 9.59. The maximum absolute atomic E-state index is 5.42. The van der Waals surface area contributed by atoms with E-state index in [-0.39, 0.29) is 0 Å². The summed E-state index contributed by atoms with van der Waals surface area (Å²) in [6, 6.07) is 17.9. The lowest BCUT2D eigenvalue weighted by Gasteiger charge is -2.45. The molecule has 0 heterocycles. The van der Waals surface area contributed by atoms with Crippen LogP contribution in [0.4, 0.5) is 0 Å². The highest BCUT2D eigenvalue weighted by atomic mass is 32.1. The smallest absolute Gasteiger partial charge is 0.166 e. The molecule has 3 heteroatoms. The Morgan fingerprint density at radius 2 is 1.56 bits per heavy atom. The number of hydrogen-bond acceptors (Lipinski definition) is 1. The number of nitrogens with one attached hydrogen (secondary N) is 2. The van der Waals surface area contributed by atoms with Crippen molar-refractivity contribution in [3.05, 3.63) is 82.9 Å². The zero-order valence-corrected chi connectivity index (χ0v) is 15.4. The van der Waals surface area contributed by atoms with E-state index < -0.39 is 0 Å². The Kier molecular flexibility index (Phi) is 4.34. The van der Waals surface area contributed by atoms with Crippen molar-refractivity contribution in [2.45, 2.75) is 25.2 Å². The van der Waals surface area contributed by atoms with E-state index in [0.29, 0.717) is 17.8 Å². The molecule has 2 N–H and O–H groups in total. The first-order valence-electron chi connectivity index (χ1n) is 8.99. The summed E-state index contributed by atoms with van der Waals surface area (Å²) in [5.41, 5.74) is 7.13. The van der Waals surface area contributed by atoms with Crippen molar-refractivity contribution in [1.29, 1.82) is 0 Å². The molecule has 0 saturated carbocycles. The number of benzene rings is 2. The summed E-state index contributed by atoms with van der Waals surface area (Å²) < 4.78 is 0. The molecule has 0 radical (unpaired) electrons. The fraction of sp³-hybridized carbons (Fsp3) is 0.318. The van der Waals surface area contributed by atoms with Gasteiger partial charge in [0.05, 0.1) is 0 Å². The van der Waals surface area contributed by atoms with Crippen LogP contribution in [0.25, 0.3) is 0 Å². The van der Waals surface area contributed by atoms with Crippen LogP contribution in [0.5, 0.6) is 0 Å². The second kappa shape index (κ2) is 6.64. The van der Waals surface area contributed by atoms with E-state index in [2.05, 4.69) is 65.7 Å². The molecule has 0 saturated heterocycles. The molecule has 0 aliphatic heterocycles. The molecule has 2 aromatic rings. The summed E-state index contributed by atoms with van der Waals surface area (Å²) in [4.78, 5) is 0. The van der Waals surface area contributed by atoms with Gasteiger partial charge in [-0.3, -0.25) is 0 Å². The van der Waals surface area contributed by atoms with Crippen molar-refractivity contribution in [2.24, 2.45) is 5.92 Å². The highest BCUT2D eigenvalue weighted by molar-refractivity contribution is 7.80. The van der Waals surface area contributed by atoms with E-state index in [4.69, 9.17) is 12.2 Å². The molecule has 1 atom stereocenters. The maximum atomic E-state index is 5.42. The molecule has 3 aliphatic carbocycles. The third-order valence-corrected chi connectivity index (χ3v) is 5.79. The summed E-state index contributed by atoms with van der Waals surface area (Å²) >= 11 is 5.42. The lowest BCUT2D eigenvalue weighted by Crippen LogP contribution is -2.43. The molecule has 0 aromatic heterocycles. The van der Waals surface area contributed by atoms with Crippen LogP contribution in [0.15, 0.2) is 60.7 Å². The third kappa shape index (κ3) is 2.98. The van der Waals surface area contributed by atoms with Crippen LogP contribution in [-0.2, 0) is 0 Å². The van der Waals surface area contributed by atoms with E-state index in [9.17, 15) is 0 Å². The summed E-state index contributed by atoms with van der Waals surface area (Å²) in [5.74, 6) is 1.55. The lowest BCUT2D eigenvalue weighted by molar-refractivity contribution is 0.354. The van der Waals surface area contributed by atoms with Crippen molar-refractivity contribution in [3.8, 4) is 0 Å². The zero-order chi connectivity index (χ0) is 17.4. The van der Waals surface area contributed by atoms with Crippen molar-refractivity contribution in [1.82, 2.24) is 10.6 Å². The average Bonchev–Trinajstić information content (AvgIpc) is 2.65. The van der Waals surface area contributed by atoms with Gasteiger partial charge in [-0.25, -0.2) is 0 Å². The van der Waals surface area contributed by atoms with Crippen LogP contribution in [0.1, 0.15) is 47.4 Å². The van der Waals surface area contributed by atoms with Crippen LogP contribution < -0.4 is 10.6 Å². The molecule has 0 spiro atoms. The van der Waals surface area contributed by atoms with Gasteiger partial charge >= 0.3 is 0 Å². The predicted molar refractivity (Wildman–Crippen MR) is 108 cm³/mol. The quantitative estimate of drug-likeness (QED) is 0.635. The molecule has 128 valence electrons. The van der Waals surface area contributed by atoms with Crippen molar-refractivity contribution >= 4 is 17.3 Å². The van der Waals surface area contributed by atoms with Crippen molar-refractivity contribution in [2.75, 3.05) is 13.1 Å². The molecular formula is C22H24N2S. The summed E-state index contributed by atoms with van der Waals surface area (Å²) in [6.45, 7) is 7.55. The number of thiocarbonyl (C=S) groups is 1. The molecular weight excluding hydrogens is 324 g/mol. The summed E-state index contributed by atoms with van der Waals surface area (Å²) in [7, 11) is 0. The Morgan fingerprint density at radius 1 is 1.00 bits per heavy atom. The average molecular weight is 349 g/mol. The number of rotatable bonds is 4. The molecule has 5 rings (SSSR count). The van der Waals surface area contributed by atoms with Gasteiger partial charge in [0.15, 0.2) is 5.11 Å². The Balaban J connectivity index is 1.56. The standard InChI is InChI=1S/C22H24N2S/c1-14(2)12-23-22(25)24-13-15-11-20-16-7-3-5-9-18(16)21(15)19-10-6-4-8-17(19)20/h3-10,15,20-21H,1,11-13H2,2H3,(H2,23,24,25). The van der Waals surface area contributed by atoms with Gasteiger partial charge in [0.1, 0.15) is 0 Å². The van der Waals surface area contributed by atoms with Gasteiger partial charge in [0.25, 0.3) is 0 Å². The zero-order valence-electron chi connectivity index (χ0n) is 14.6. The van der Waals surface area contributed by atoms with Crippen LogP contribution in [0.2, 0.25) is 0 Å². The Morgan fingerprint density at radius 3 is 2.12 bits per heavy atom. The topological polar surface area (TPSA) is 24.1 Å². The van der Waals surface area contributed by atoms with Gasteiger partial charge in [-0.05, 0) is 53.7 Å². The van der Waals surface area contributed by atoms with E-state index in [0.717, 1.165) is 23.8 Å². The molecule has 0 amide bonds. The third-order valence-electron chi connectivity index (χ3n) is 5.50. The van der Waals surface area contributed by atoms with Crippen LogP contribution in [0, 0.1) is 5.92 Å². The minimum atomic E-state index is 0.467. The van der Waals surface area contributed by atoms with Crippen LogP contribution >= 0.6 is 12.2 Å². The Bertz CT molecular complexity index is 779. The minimum absolute atomic E-state index is 0.467. The first-order chi connectivity index (χ1) is 12.1. The Hall–Kier alpha value is -2.13. The van der Waals surface area contributed by atoms with Gasteiger partial charge in [0.2, 0.25) is 0 Å². The summed E-state index contributed by atoms with van der Waals surface area (Å²) in [6.07, 6.45) is 1.19. The molecule has 25 heavy (non-hydrogen) atoms. The van der Waals surface area contributed by atoms with Crippen molar-refractivity contribution in [3.63, 3.8) is 0 Å². The monoisotopic (exact) mass is 348 g/mol. The highest BCUT2D eigenvalue weighted by Crippen LogP contribution is 2.54. The molecule has 0 fully saturated rings. The Labute approximate surface area is 155 Å². The predicted octanol–water partition coefficient (Wildman–Crippen LogP) is 4.32. The number of fused-ring (bicyclic) bond motifs is 1. The SMILES string of the molecule is C=C(C)CNC(=S)NCC1CC2c3ccccc3C1c1ccccc12. The van der Waals surface area contributed by atoms with Crippen molar-refractivity contribution < 1.29 is 0 Å². The van der Waals surface area contributed by atoms with E-state index in [1.54, 1.807) is 0 Å². The largest absolute Gasteiger partial charge is 0.362 e. The second-order valence-electron chi connectivity index (χ2n) is 7.30. The molecule has 2 bridgehead atoms. The van der Waals surface area contributed by atoms with Gasteiger partial charge in [-0.2, -0.15) is 0 Å². The minimum Gasteiger partial charge on any atom is -0.362 e. The van der Waals surface area contributed by atoms with Gasteiger partial charge in [-0.1, -0.05) is 60.7 Å². The normalized spacial score (nSPS) is 22.7. The molecule has 2 nitrogen and oxygen atoms in total. The maximum Gasteiger partial charge on any atom is 0.166 e. The van der Waals surface area contributed by atoms with Gasteiger partial charge in [0, 0.05) is 24.9 Å². The van der Waals surface area contributed by atoms with Crippen LogP contribution in [0.3, 0.4) is 0 Å². The van der Waals surface area contributed by atoms with E-state index in [1.807, 2.05) is 6.92 Å². The molecule has 3 aliphatic rings. The first kappa shape index (κ1) is 16.3. The van der Waals surface area contributed by atoms with Gasteiger partial charge < -0.3 is 10.6 Å². The van der Waals surface area contributed by atoms with E-state index >= 15 is 0 Å². The van der Waals surface area contributed by atoms with Crippen LogP contribution in [-0.4, -0.2) is 18.2 Å². The fourth-order valence-electron chi connectivity index (χ4n) is 4.48.